The van der Waals surface area contributed by atoms with Gasteiger partial charge in [-0.05, 0) is 29.8 Å². The number of benzene rings is 2. The zero-order valence-electron chi connectivity index (χ0n) is 14.6. The molecule has 0 bridgehead atoms. The Morgan fingerprint density at radius 3 is 2.78 bits per heavy atom. The van der Waals surface area contributed by atoms with Crippen LogP contribution in [0.2, 0.25) is 5.02 Å². The lowest BCUT2D eigenvalue weighted by atomic mass is 10.1. The fourth-order valence-electron chi connectivity index (χ4n) is 2.50. The van der Waals surface area contributed by atoms with Crippen molar-refractivity contribution >= 4 is 23.5 Å². The molecular formula is C19H18ClNO6. The second kappa shape index (κ2) is 8.64. The van der Waals surface area contributed by atoms with Crippen LogP contribution in [0.1, 0.15) is 15.9 Å². The van der Waals surface area contributed by atoms with E-state index in [4.69, 9.17) is 30.5 Å². The van der Waals surface area contributed by atoms with Crippen LogP contribution in [0.5, 0.6) is 17.2 Å². The number of ether oxygens (including phenoxy) is 4. The SMILES string of the molecule is COc1cc(C(=O)OCC(=O)NCc2cccc(Cl)c2)cc2c1OCCO2. The monoisotopic (exact) mass is 391 g/mol. The quantitative estimate of drug-likeness (QED) is 0.762. The molecule has 0 fully saturated rings. The Labute approximate surface area is 161 Å². The fourth-order valence-corrected chi connectivity index (χ4v) is 2.72. The van der Waals surface area contributed by atoms with Crippen LogP contribution in [0.4, 0.5) is 0 Å². The Kier molecular flexibility index (Phi) is 6.03. The zero-order chi connectivity index (χ0) is 19.2. The molecule has 2 aromatic carbocycles. The zero-order valence-corrected chi connectivity index (χ0v) is 15.4. The molecule has 0 saturated heterocycles. The van der Waals surface area contributed by atoms with Gasteiger partial charge in [0.05, 0.1) is 12.7 Å². The first-order valence-electron chi connectivity index (χ1n) is 8.22. The Hall–Kier alpha value is -2.93. The van der Waals surface area contributed by atoms with Crippen LogP contribution in [0.15, 0.2) is 36.4 Å². The highest BCUT2D eigenvalue weighted by atomic mass is 35.5. The fraction of sp³-hybridized carbons (Fsp3) is 0.263. The van der Waals surface area contributed by atoms with E-state index >= 15 is 0 Å². The summed E-state index contributed by atoms with van der Waals surface area (Å²) in [6.45, 7) is 0.658. The smallest absolute Gasteiger partial charge is 0.338 e. The first-order valence-corrected chi connectivity index (χ1v) is 8.60. The molecule has 0 spiro atoms. The molecule has 0 aromatic heterocycles. The van der Waals surface area contributed by atoms with Gasteiger partial charge in [-0.25, -0.2) is 4.79 Å². The summed E-state index contributed by atoms with van der Waals surface area (Å²) < 4.78 is 21.2. The average molecular weight is 392 g/mol. The van der Waals surface area contributed by atoms with Gasteiger partial charge in [-0.15, -0.1) is 0 Å². The van der Waals surface area contributed by atoms with Crippen molar-refractivity contribution in [3.63, 3.8) is 0 Å². The minimum atomic E-state index is -0.664. The number of amides is 1. The molecular weight excluding hydrogens is 374 g/mol. The van der Waals surface area contributed by atoms with E-state index in [1.807, 2.05) is 6.07 Å². The van der Waals surface area contributed by atoms with Gasteiger partial charge >= 0.3 is 5.97 Å². The van der Waals surface area contributed by atoms with Crippen LogP contribution >= 0.6 is 11.6 Å². The number of carbonyl (C=O) groups excluding carboxylic acids is 2. The van der Waals surface area contributed by atoms with E-state index in [1.54, 1.807) is 18.2 Å². The number of hydrogen-bond donors (Lipinski definition) is 1. The number of hydrogen-bond acceptors (Lipinski definition) is 6. The highest BCUT2D eigenvalue weighted by molar-refractivity contribution is 6.30. The van der Waals surface area contributed by atoms with E-state index < -0.39 is 18.5 Å². The van der Waals surface area contributed by atoms with Crippen molar-refractivity contribution in [3.05, 3.63) is 52.5 Å². The lowest BCUT2D eigenvalue weighted by molar-refractivity contribution is -0.124. The molecule has 1 aliphatic heterocycles. The molecule has 7 nitrogen and oxygen atoms in total. The molecule has 27 heavy (non-hydrogen) atoms. The Balaban J connectivity index is 1.56. The van der Waals surface area contributed by atoms with Gasteiger partial charge in [0.15, 0.2) is 18.1 Å². The number of carbonyl (C=O) groups is 2. The summed E-state index contributed by atoms with van der Waals surface area (Å²) in [6.07, 6.45) is 0. The molecule has 1 N–H and O–H groups in total. The van der Waals surface area contributed by atoms with Crippen molar-refractivity contribution in [1.29, 1.82) is 0 Å². The Bertz CT molecular complexity index is 837. The van der Waals surface area contributed by atoms with E-state index in [2.05, 4.69) is 5.32 Å². The molecule has 0 saturated carbocycles. The number of rotatable bonds is 6. The van der Waals surface area contributed by atoms with Crippen molar-refractivity contribution in [1.82, 2.24) is 5.32 Å². The number of nitrogens with one attached hydrogen (secondary N) is 1. The van der Waals surface area contributed by atoms with E-state index in [0.717, 1.165) is 5.56 Å². The van der Waals surface area contributed by atoms with Gasteiger partial charge in [-0.1, -0.05) is 23.7 Å². The third-order valence-electron chi connectivity index (χ3n) is 3.78. The standard InChI is InChI=1S/C19H18ClNO6/c1-24-15-8-13(9-16-18(15)26-6-5-25-16)19(23)27-11-17(22)21-10-12-3-2-4-14(20)7-12/h2-4,7-9H,5-6,10-11H2,1H3,(H,21,22). The predicted molar refractivity (Wildman–Crippen MR) is 97.6 cm³/mol. The second-order valence-corrected chi connectivity index (χ2v) is 6.12. The van der Waals surface area contributed by atoms with E-state index in [9.17, 15) is 9.59 Å². The molecule has 0 radical (unpaired) electrons. The number of fused-ring (bicyclic) bond motifs is 1. The first-order chi connectivity index (χ1) is 13.1. The maximum absolute atomic E-state index is 12.3. The molecule has 8 heteroatoms. The number of esters is 1. The topological polar surface area (TPSA) is 83.1 Å². The van der Waals surface area contributed by atoms with Crippen LogP contribution in [0, 0.1) is 0 Å². The van der Waals surface area contributed by atoms with Gasteiger partial charge in [-0.3, -0.25) is 4.79 Å². The van der Waals surface area contributed by atoms with Crippen LogP contribution in [-0.4, -0.2) is 38.8 Å². The Morgan fingerprint density at radius 2 is 2.00 bits per heavy atom. The normalized spacial score (nSPS) is 12.2. The molecule has 142 valence electrons. The van der Waals surface area contributed by atoms with Gasteiger partial charge in [0.25, 0.3) is 5.91 Å². The summed E-state index contributed by atoms with van der Waals surface area (Å²) in [5, 5.41) is 3.25. The lowest BCUT2D eigenvalue weighted by Crippen LogP contribution is -2.28. The highest BCUT2D eigenvalue weighted by Gasteiger charge is 2.22. The number of halogens is 1. The van der Waals surface area contributed by atoms with Crippen molar-refractivity contribution in [3.8, 4) is 17.2 Å². The van der Waals surface area contributed by atoms with Crippen LogP contribution in [0.3, 0.4) is 0 Å². The molecule has 1 amide bonds. The number of methoxy groups -OCH3 is 1. The van der Waals surface area contributed by atoms with Gasteiger partial charge in [0.1, 0.15) is 13.2 Å². The van der Waals surface area contributed by atoms with Crippen LogP contribution in [0.25, 0.3) is 0 Å². The summed E-state index contributed by atoms with van der Waals surface area (Å²) in [5.41, 5.74) is 1.05. The minimum Gasteiger partial charge on any atom is -0.493 e. The molecule has 0 aliphatic carbocycles. The third kappa shape index (κ3) is 4.83. The third-order valence-corrected chi connectivity index (χ3v) is 4.01. The van der Waals surface area contributed by atoms with Crippen LogP contribution in [-0.2, 0) is 16.1 Å². The van der Waals surface area contributed by atoms with Gasteiger partial charge < -0.3 is 24.3 Å². The highest BCUT2D eigenvalue weighted by Crippen LogP contribution is 2.40. The summed E-state index contributed by atoms with van der Waals surface area (Å²) in [4.78, 5) is 24.2. The molecule has 0 unspecified atom stereocenters. The average Bonchev–Trinajstić information content (AvgIpc) is 2.69. The molecule has 1 heterocycles. The second-order valence-electron chi connectivity index (χ2n) is 5.69. The predicted octanol–water partition coefficient (Wildman–Crippen LogP) is 2.59. The van der Waals surface area contributed by atoms with Crippen LogP contribution < -0.4 is 19.5 Å². The minimum absolute atomic E-state index is 0.207. The van der Waals surface area contributed by atoms with Gasteiger partial charge in [-0.2, -0.15) is 0 Å². The van der Waals surface area contributed by atoms with E-state index in [0.29, 0.717) is 35.5 Å². The lowest BCUT2D eigenvalue weighted by Gasteiger charge is -2.21. The van der Waals surface area contributed by atoms with Crippen molar-refractivity contribution < 1.29 is 28.5 Å². The molecule has 0 atom stereocenters. The molecule has 3 rings (SSSR count). The molecule has 1 aliphatic rings. The summed E-state index contributed by atoms with van der Waals surface area (Å²) >= 11 is 5.89. The van der Waals surface area contributed by atoms with E-state index in [1.165, 1.54) is 19.2 Å². The maximum Gasteiger partial charge on any atom is 0.338 e. The summed E-state index contributed by atoms with van der Waals surface area (Å²) in [7, 11) is 1.46. The van der Waals surface area contributed by atoms with Gasteiger partial charge in [0, 0.05) is 11.6 Å². The molecule has 2 aromatic rings. The van der Waals surface area contributed by atoms with Crippen molar-refractivity contribution in [2.75, 3.05) is 26.9 Å². The van der Waals surface area contributed by atoms with E-state index in [-0.39, 0.29) is 12.1 Å². The summed E-state index contributed by atoms with van der Waals surface area (Å²) in [5.74, 6) is 0.123. The summed E-state index contributed by atoms with van der Waals surface area (Å²) in [6, 6.07) is 10.1. The Morgan fingerprint density at radius 1 is 1.19 bits per heavy atom. The largest absolute Gasteiger partial charge is 0.493 e. The maximum atomic E-state index is 12.3. The van der Waals surface area contributed by atoms with Gasteiger partial charge in [0.2, 0.25) is 5.75 Å². The van der Waals surface area contributed by atoms with Crippen molar-refractivity contribution in [2.45, 2.75) is 6.54 Å². The van der Waals surface area contributed by atoms with Crippen molar-refractivity contribution in [2.24, 2.45) is 0 Å². The first kappa shape index (κ1) is 18.8.